The van der Waals surface area contributed by atoms with E-state index in [-0.39, 0.29) is 15.6 Å². The Balaban J connectivity index is 1.87. The molecule has 0 bridgehead atoms. The molecule has 2 aromatic carbocycles. The number of carbonyl (C=O) groups is 1. The summed E-state index contributed by atoms with van der Waals surface area (Å²) in [6.45, 7) is 3.68. The molecule has 3 aromatic rings. The van der Waals surface area contributed by atoms with E-state index in [1.807, 2.05) is 31.2 Å². The van der Waals surface area contributed by atoms with Crippen molar-refractivity contribution in [2.24, 2.45) is 0 Å². The van der Waals surface area contributed by atoms with E-state index in [9.17, 15) is 13.2 Å². The highest BCUT2D eigenvalue weighted by atomic mass is 32.2. The lowest BCUT2D eigenvalue weighted by atomic mass is 10.1. The molecule has 140 valence electrons. The fourth-order valence-electron chi connectivity index (χ4n) is 2.35. The monoisotopic (exact) mass is 403 g/mol. The first-order valence-corrected chi connectivity index (χ1v) is 10.2. The van der Waals surface area contributed by atoms with E-state index < -0.39 is 16.0 Å². The fraction of sp³-hybridized carbons (Fsp3) is 0.167. The lowest BCUT2D eigenvalue weighted by Gasteiger charge is -2.08. The molecule has 3 rings (SSSR count). The highest BCUT2D eigenvalue weighted by Gasteiger charge is 2.20. The van der Waals surface area contributed by atoms with Gasteiger partial charge in [0.15, 0.2) is 0 Å². The number of nitrogens with zero attached hydrogens (tertiary/aromatic N) is 2. The Hall–Kier alpha value is -2.78. The number of hydrogen-bond donors (Lipinski definition) is 1. The highest BCUT2D eigenvalue weighted by Crippen LogP contribution is 2.28. The topological polar surface area (TPSA) is 98.2 Å². The highest BCUT2D eigenvalue weighted by molar-refractivity contribution is 7.93. The average Bonchev–Trinajstić information content (AvgIpc) is 3.09. The predicted molar refractivity (Wildman–Crippen MR) is 103 cm³/mol. The third kappa shape index (κ3) is 4.15. The van der Waals surface area contributed by atoms with Crippen LogP contribution in [0.4, 0.5) is 5.13 Å². The molecular formula is C18H17N3O4S2. The zero-order chi connectivity index (χ0) is 19.6. The standard InChI is InChI=1S/C18H17N3O4S2/c1-11-4-7-13(8-5-11)16-19-20-18(26-16)21-27(23,24)14-9-6-12(2)15(10-14)17(22)25-3/h4-10H,1-3H3,(H,20,21). The van der Waals surface area contributed by atoms with Gasteiger partial charge >= 0.3 is 5.97 Å². The number of rotatable bonds is 5. The molecule has 0 radical (unpaired) electrons. The Morgan fingerprint density at radius 3 is 2.44 bits per heavy atom. The van der Waals surface area contributed by atoms with Crippen molar-refractivity contribution in [3.8, 4) is 10.6 Å². The minimum absolute atomic E-state index is 0.0550. The zero-order valence-electron chi connectivity index (χ0n) is 14.9. The van der Waals surface area contributed by atoms with Gasteiger partial charge in [0.2, 0.25) is 5.13 Å². The first kappa shape index (κ1) is 19.0. The van der Waals surface area contributed by atoms with Crippen LogP contribution in [0.3, 0.4) is 0 Å². The normalized spacial score (nSPS) is 11.2. The Labute approximate surface area is 161 Å². The number of aromatic nitrogens is 2. The summed E-state index contributed by atoms with van der Waals surface area (Å²) in [4.78, 5) is 11.7. The van der Waals surface area contributed by atoms with Gasteiger partial charge in [0.25, 0.3) is 10.0 Å². The van der Waals surface area contributed by atoms with Gasteiger partial charge < -0.3 is 4.74 Å². The number of methoxy groups -OCH3 is 1. The molecule has 1 aromatic heterocycles. The summed E-state index contributed by atoms with van der Waals surface area (Å²) in [5, 5.41) is 8.69. The summed E-state index contributed by atoms with van der Waals surface area (Å²) >= 11 is 1.13. The number of benzene rings is 2. The van der Waals surface area contributed by atoms with Crippen molar-refractivity contribution < 1.29 is 17.9 Å². The number of anilines is 1. The van der Waals surface area contributed by atoms with Gasteiger partial charge in [-0.3, -0.25) is 4.72 Å². The molecule has 1 N–H and O–H groups in total. The van der Waals surface area contributed by atoms with Crippen LogP contribution < -0.4 is 4.72 Å². The van der Waals surface area contributed by atoms with Gasteiger partial charge in [-0.2, -0.15) is 0 Å². The Morgan fingerprint density at radius 1 is 1.07 bits per heavy atom. The van der Waals surface area contributed by atoms with E-state index in [2.05, 4.69) is 19.7 Å². The van der Waals surface area contributed by atoms with Gasteiger partial charge in [-0.1, -0.05) is 47.2 Å². The third-order valence-electron chi connectivity index (χ3n) is 3.87. The minimum Gasteiger partial charge on any atom is -0.465 e. The van der Waals surface area contributed by atoms with E-state index in [0.717, 1.165) is 22.5 Å². The molecule has 0 saturated carbocycles. The molecule has 0 atom stereocenters. The molecule has 0 aliphatic rings. The summed E-state index contributed by atoms with van der Waals surface area (Å²) < 4.78 is 32.4. The smallest absolute Gasteiger partial charge is 0.338 e. The molecule has 27 heavy (non-hydrogen) atoms. The van der Waals surface area contributed by atoms with Gasteiger partial charge in [0.05, 0.1) is 17.6 Å². The number of ether oxygens (including phenoxy) is 1. The SMILES string of the molecule is COC(=O)c1cc(S(=O)(=O)Nc2nnc(-c3ccc(C)cc3)s2)ccc1C. The largest absolute Gasteiger partial charge is 0.465 e. The first-order valence-electron chi connectivity index (χ1n) is 7.92. The minimum atomic E-state index is -3.92. The lowest BCUT2D eigenvalue weighted by molar-refractivity contribution is 0.0599. The van der Waals surface area contributed by atoms with E-state index in [0.29, 0.717) is 10.6 Å². The second-order valence-electron chi connectivity index (χ2n) is 5.85. The van der Waals surface area contributed by atoms with Crippen LogP contribution in [0.1, 0.15) is 21.5 Å². The van der Waals surface area contributed by atoms with Crippen molar-refractivity contribution in [3.05, 3.63) is 59.2 Å². The lowest BCUT2D eigenvalue weighted by Crippen LogP contribution is -2.14. The summed E-state index contributed by atoms with van der Waals surface area (Å²) in [6, 6.07) is 12.0. The molecule has 0 fully saturated rings. The summed E-state index contributed by atoms with van der Waals surface area (Å²) in [5.41, 5.74) is 2.79. The van der Waals surface area contributed by atoms with E-state index in [4.69, 9.17) is 0 Å². The number of aryl methyl sites for hydroxylation is 2. The Morgan fingerprint density at radius 2 is 1.78 bits per heavy atom. The van der Waals surface area contributed by atoms with Crippen LogP contribution in [-0.4, -0.2) is 31.7 Å². The number of carbonyl (C=O) groups excluding carboxylic acids is 1. The molecular weight excluding hydrogens is 386 g/mol. The van der Waals surface area contributed by atoms with Crippen LogP contribution in [0.2, 0.25) is 0 Å². The third-order valence-corrected chi connectivity index (χ3v) is 6.22. The molecule has 0 unspecified atom stereocenters. The van der Waals surface area contributed by atoms with Crippen LogP contribution in [0.15, 0.2) is 47.4 Å². The number of hydrogen-bond acceptors (Lipinski definition) is 7. The van der Waals surface area contributed by atoms with Crippen LogP contribution >= 0.6 is 11.3 Å². The van der Waals surface area contributed by atoms with Gasteiger partial charge in [-0.15, -0.1) is 10.2 Å². The van der Waals surface area contributed by atoms with Crippen LogP contribution in [0.5, 0.6) is 0 Å². The number of sulfonamides is 1. The quantitative estimate of drug-likeness (QED) is 0.656. The van der Waals surface area contributed by atoms with Crippen molar-refractivity contribution in [2.45, 2.75) is 18.7 Å². The van der Waals surface area contributed by atoms with E-state index >= 15 is 0 Å². The molecule has 1 heterocycles. The Bertz CT molecular complexity index is 1090. The van der Waals surface area contributed by atoms with Crippen molar-refractivity contribution in [1.29, 1.82) is 0 Å². The van der Waals surface area contributed by atoms with Gasteiger partial charge in [0.1, 0.15) is 5.01 Å². The second kappa shape index (κ2) is 7.45. The summed E-state index contributed by atoms with van der Waals surface area (Å²) in [7, 11) is -2.67. The molecule has 9 heteroatoms. The molecule has 0 spiro atoms. The number of nitrogens with one attached hydrogen (secondary N) is 1. The molecule has 7 nitrogen and oxygen atoms in total. The fourth-order valence-corrected chi connectivity index (χ4v) is 4.35. The molecule has 0 saturated heterocycles. The maximum Gasteiger partial charge on any atom is 0.338 e. The number of esters is 1. The van der Waals surface area contributed by atoms with Gasteiger partial charge in [0, 0.05) is 5.56 Å². The predicted octanol–water partition coefficient (Wildman–Crippen LogP) is 3.41. The van der Waals surface area contributed by atoms with Crippen molar-refractivity contribution in [2.75, 3.05) is 11.8 Å². The Kier molecular flexibility index (Phi) is 5.24. The summed E-state index contributed by atoms with van der Waals surface area (Å²) in [5.74, 6) is -0.595. The van der Waals surface area contributed by atoms with Crippen molar-refractivity contribution >= 4 is 32.5 Å². The second-order valence-corrected chi connectivity index (χ2v) is 8.51. The molecule has 0 aliphatic heterocycles. The van der Waals surface area contributed by atoms with Crippen LogP contribution in [-0.2, 0) is 14.8 Å². The maximum absolute atomic E-state index is 12.6. The molecule has 0 amide bonds. The average molecular weight is 403 g/mol. The van der Waals surface area contributed by atoms with Gasteiger partial charge in [-0.05, 0) is 31.5 Å². The first-order chi connectivity index (χ1) is 12.8. The van der Waals surface area contributed by atoms with Crippen molar-refractivity contribution in [3.63, 3.8) is 0 Å². The molecule has 0 aliphatic carbocycles. The van der Waals surface area contributed by atoms with Crippen LogP contribution in [0, 0.1) is 13.8 Å². The van der Waals surface area contributed by atoms with Crippen molar-refractivity contribution in [1.82, 2.24) is 10.2 Å². The van der Waals surface area contributed by atoms with Crippen LogP contribution in [0.25, 0.3) is 10.6 Å². The van der Waals surface area contributed by atoms with Gasteiger partial charge in [-0.25, -0.2) is 13.2 Å². The van der Waals surface area contributed by atoms with E-state index in [1.165, 1.54) is 19.2 Å². The zero-order valence-corrected chi connectivity index (χ0v) is 16.5. The summed E-state index contributed by atoms with van der Waals surface area (Å²) in [6.07, 6.45) is 0. The maximum atomic E-state index is 12.6. The van der Waals surface area contributed by atoms with E-state index in [1.54, 1.807) is 13.0 Å².